The lowest BCUT2D eigenvalue weighted by atomic mass is 10.5. The van der Waals surface area contributed by atoms with Crippen LogP contribution in [0.25, 0.3) is 0 Å². The molecule has 0 radical (unpaired) electrons. The van der Waals surface area contributed by atoms with Gasteiger partial charge in [-0.3, -0.25) is 15.6 Å². The van der Waals surface area contributed by atoms with E-state index in [1.54, 1.807) is 11.7 Å². The average Bonchev–Trinajstić information content (AvgIpc) is 2.86. The summed E-state index contributed by atoms with van der Waals surface area (Å²) in [5.74, 6) is 0. The molecule has 1 saturated heterocycles. The number of aromatic nitrogens is 1. The molecular weight excluding hydrogens is 218 g/mol. The largest absolute Gasteiger partial charge is 0.278 e. The third-order valence-corrected chi connectivity index (χ3v) is 2.92. The van der Waals surface area contributed by atoms with Crippen molar-refractivity contribution in [1.29, 1.82) is 0 Å². The first-order valence-electron chi connectivity index (χ1n) is 4.52. The molecule has 1 aromatic rings. The van der Waals surface area contributed by atoms with Gasteiger partial charge in [-0.1, -0.05) is 5.01 Å². The Morgan fingerprint density at radius 3 is 3.40 bits per heavy atom. The maximum atomic E-state index is 10.6. The lowest BCUT2D eigenvalue weighted by Crippen LogP contribution is -2.49. The van der Waals surface area contributed by atoms with Crippen LogP contribution in [0.5, 0.6) is 0 Å². The summed E-state index contributed by atoms with van der Waals surface area (Å²) in [4.78, 5) is 15.6. The van der Waals surface area contributed by atoms with Crippen molar-refractivity contribution in [2.75, 3.05) is 13.1 Å². The van der Waals surface area contributed by atoms with Gasteiger partial charge >= 0.3 is 0 Å². The predicted octanol–water partition coefficient (Wildman–Crippen LogP) is -0.387. The first-order valence-corrected chi connectivity index (χ1v) is 5.40. The highest BCUT2D eigenvalue weighted by molar-refractivity contribution is 7.09. The van der Waals surface area contributed by atoms with Crippen LogP contribution in [0.1, 0.15) is 4.88 Å². The van der Waals surface area contributed by atoms with Crippen molar-refractivity contribution in [2.45, 2.75) is 12.8 Å². The molecule has 8 heteroatoms. The van der Waals surface area contributed by atoms with Gasteiger partial charge in [0.05, 0.1) is 12.1 Å². The monoisotopic (exact) mass is 229 g/mol. The molecule has 2 N–H and O–H groups in total. The predicted molar refractivity (Wildman–Crippen MR) is 54.4 cm³/mol. The summed E-state index contributed by atoms with van der Waals surface area (Å²) < 4.78 is 0. The van der Waals surface area contributed by atoms with Gasteiger partial charge in [-0.2, -0.15) is 0 Å². The van der Waals surface area contributed by atoms with E-state index in [9.17, 15) is 10.1 Å². The van der Waals surface area contributed by atoms with Crippen LogP contribution in [0.15, 0.2) is 11.7 Å². The molecule has 0 bridgehead atoms. The zero-order valence-corrected chi connectivity index (χ0v) is 8.74. The molecule has 0 aliphatic carbocycles. The summed E-state index contributed by atoms with van der Waals surface area (Å²) in [6, 6.07) is 0. The van der Waals surface area contributed by atoms with E-state index >= 15 is 0 Å². The second-order valence-electron chi connectivity index (χ2n) is 3.11. The summed E-state index contributed by atoms with van der Waals surface area (Å²) in [6.45, 7) is 1.64. The Hall–Kier alpha value is -1.25. The average molecular weight is 229 g/mol. The highest BCUT2D eigenvalue weighted by atomic mass is 32.1. The minimum absolute atomic E-state index is 0.385. The Morgan fingerprint density at radius 1 is 1.87 bits per heavy atom. The zero-order chi connectivity index (χ0) is 10.7. The lowest BCUT2D eigenvalue weighted by Gasteiger charge is -2.16. The molecular formula is C7H11N5O2S. The Labute approximate surface area is 90.2 Å². The standard InChI is InChI=1S/C7H11N5O2S/c13-12(14)11-2-1-9-7(11)10-4-6-3-8-5-15-6/h3,5,7,9-10H,1-2,4H2. The Balaban J connectivity index is 1.86. The number of nitro groups is 1. The SMILES string of the molecule is O=[N+]([O-])N1CCNC1NCc1cncs1. The van der Waals surface area contributed by atoms with Crippen molar-refractivity contribution in [2.24, 2.45) is 0 Å². The van der Waals surface area contributed by atoms with Gasteiger partial charge in [0.2, 0.25) is 0 Å². The van der Waals surface area contributed by atoms with Crippen molar-refractivity contribution in [1.82, 2.24) is 20.6 Å². The normalized spacial score (nSPS) is 20.8. The third-order valence-electron chi connectivity index (χ3n) is 2.14. The fourth-order valence-corrected chi connectivity index (χ4v) is 1.98. The van der Waals surface area contributed by atoms with Gasteiger partial charge < -0.3 is 0 Å². The van der Waals surface area contributed by atoms with Crippen molar-refractivity contribution >= 4 is 11.3 Å². The quantitative estimate of drug-likeness (QED) is 0.540. The van der Waals surface area contributed by atoms with Crippen LogP contribution in [0.4, 0.5) is 0 Å². The maximum absolute atomic E-state index is 10.6. The number of hydrazine groups is 1. The molecule has 1 atom stereocenters. The summed E-state index contributed by atoms with van der Waals surface area (Å²) in [5, 5.41) is 17.5. The molecule has 1 aliphatic heterocycles. The molecule has 0 aromatic carbocycles. The second kappa shape index (κ2) is 4.51. The number of rotatable bonds is 4. The summed E-state index contributed by atoms with van der Waals surface area (Å²) in [6.07, 6.45) is 1.37. The second-order valence-corrected chi connectivity index (χ2v) is 4.08. The van der Waals surface area contributed by atoms with Crippen LogP contribution < -0.4 is 10.6 Å². The van der Waals surface area contributed by atoms with Crippen LogP contribution in [0.3, 0.4) is 0 Å². The molecule has 1 aromatic heterocycles. The number of nitrogens with zero attached hydrogens (tertiary/aromatic N) is 3. The van der Waals surface area contributed by atoms with E-state index < -0.39 is 0 Å². The van der Waals surface area contributed by atoms with E-state index in [0.29, 0.717) is 19.6 Å². The van der Waals surface area contributed by atoms with Crippen LogP contribution >= 0.6 is 11.3 Å². The van der Waals surface area contributed by atoms with Crippen molar-refractivity contribution in [3.8, 4) is 0 Å². The molecule has 82 valence electrons. The first-order chi connectivity index (χ1) is 7.27. The lowest BCUT2D eigenvalue weighted by molar-refractivity contribution is -0.661. The highest BCUT2D eigenvalue weighted by Crippen LogP contribution is 2.06. The summed E-state index contributed by atoms with van der Waals surface area (Å²) in [7, 11) is 0. The molecule has 2 heterocycles. The molecule has 0 spiro atoms. The van der Waals surface area contributed by atoms with Gasteiger partial charge in [-0.25, -0.2) is 10.1 Å². The Morgan fingerprint density at radius 2 is 2.73 bits per heavy atom. The van der Waals surface area contributed by atoms with Gasteiger partial charge in [0.1, 0.15) is 0 Å². The molecule has 1 aliphatic rings. The Kier molecular flexibility index (Phi) is 3.09. The highest BCUT2D eigenvalue weighted by Gasteiger charge is 2.30. The molecule has 2 rings (SSSR count). The van der Waals surface area contributed by atoms with E-state index in [1.807, 2.05) is 0 Å². The zero-order valence-electron chi connectivity index (χ0n) is 7.92. The van der Waals surface area contributed by atoms with Gasteiger partial charge in [0, 0.05) is 24.2 Å². The minimum Gasteiger partial charge on any atom is -0.278 e. The molecule has 15 heavy (non-hydrogen) atoms. The fourth-order valence-electron chi connectivity index (χ4n) is 1.43. The smallest absolute Gasteiger partial charge is 0.193 e. The fraction of sp³-hybridized carbons (Fsp3) is 0.571. The summed E-state index contributed by atoms with van der Waals surface area (Å²) >= 11 is 1.53. The first kappa shape index (κ1) is 10.3. The van der Waals surface area contributed by atoms with Gasteiger partial charge in [0.15, 0.2) is 11.3 Å². The van der Waals surface area contributed by atoms with Crippen LogP contribution in [-0.2, 0) is 6.54 Å². The van der Waals surface area contributed by atoms with Crippen LogP contribution in [0, 0.1) is 10.1 Å². The van der Waals surface area contributed by atoms with E-state index in [2.05, 4.69) is 15.6 Å². The number of nitrogens with one attached hydrogen (secondary N) is 2. The molecule has 0 saturated carbocycles. The van der Waals surface area contributed by atoms with E-state index in [1.165, 1.54) is 11.3 Å². The van der Waals surface area contributed by atoms with E-state index in [0.717, 1.165) is 9.89 Å². The molecule has 1 unspecified atom stereocenters. The number of hydrogen-bond acceptors (Lipinski definition) is 6. The Bertz CT molecular complexity index is 330. The maximum Gasteiger partial charge on any atom is 0.193 e. The van der Waals surface area contributed by atoms with Crippen molar-refractivity contribution in [3.05, 3.63) is 26.7 Å². The van der Waals surface area contributed by atoms with Crippen molar-refractivity contribution in [3.63, 3.8) is 0 Å². The van der Waals surface area contributed by atoms with E-state index in [4.69, 9.17) is 0 Å². The summed E-state index contributed by atoms with van der Waals surface area (Å²) in [5.41, 5.74) is 1.74. The van der Waals surface area contributed by atoms with Gasteiger partial charge in [0.25, 0.3) is 0 Å². The van der Waals surface area contributed by atoms with Gasteiger partial charge in [-0.15, -0.1) is 11.3 Å². The number of hydrogen-bond donors (Lipinski definition) is 2. The van der Waals surface area contributed by atoms with Crippen molar-refractivity contribution < 1.29 is 5.03 Å². The van der Waals surface area contributed by atoms with E-state index in [-0.39, 0.29) is 11.3 Å². The third kappa shape index (κ3) is 2.41. The molecule has 7 nitrogen and oxygen atoms in total. The number of thiazole rings is 1. The van der Waals surface area contributed by atoms with Gasteiger partial charge in [-0.05, 0) is 0 Å². The van der Waals surface area contributed by atoms with Crippen LogP contribution in [0.2, 0.25) is 0 Å². The molecule has 1 fully saturated rings. The van der Waals surface area contributed by atoms with Crippen LogP contribution in [-0.4, -0.2) is 34.4 Å². The topological polar surface area (TPSA) is 83.3 Å². The minimum atomic E-state index is -0.387. The molecule has 0 amide bonds.